The Morgan fingerprint density at radius 3 is 2.79 bits per heavy atom. The highest BCUT2D eigenvalue weighted by atomic mass is 32.2. The van der Waals surface area contributed by atoms with Crippen molar-refractivity contribution in [3.05, 3.63) is 60.4 Å². The Morgan fingerprint density at radius 2 is 1.88 bits per heavy atom. The number of anilines is 2. The van der Waals surface area contributed by atoms with Crippen molar-refractivity contribution in [2.75, 3.05) is 29.9 Å². The number of fused-ring (bicyclic) bond motifs is 1. The number of hydrogen-bond acceptors (Lipinski definition) is 5. The standard InChI is InChI=1S/C19H20N4S/c1-2-7-18-17(6-1)19(21-14-20-18)22-16-5-3-4-15(12-16)13-23-8-10-24-11-9-23/h1-7,12,14H,8-11,13H2,(H,20,21,22). The van der Waals surface area contributed by atoms with E-state index in [9.17, 15) is 0 Å². The summed E-state index contributed by atoms with van der Waals surface area (Å²) in [5, 5.41) is 4.49. The van der Waals surface area contributed by atoms with Crippen LogP contribution < -0.4 is 5.32 Å². The molecule has 2 aromatic carbocycles. The van der Waals surface area contributed by atoms with E-state index in [1.54, 1.807) is 6.33 Å². The number of aromatic nitrogens is 2. The van der Waals surface area contributed by atoms with E-state index in [1.807, 2.05) is 36.0 Å². The first-order chi connectivity index (χ1) is 11.9. The maximum atomic E-state index is 4.41. The minimum atomic E-state index is 0.854. The van der Waals surface area contributed by atoms with Crippen LogP contribution in [-0.4, -0.2) is 39.5 Å². The Labute approximate surface area is 146 Å². The predicted molar refractivity (Wildman–Crippen MR) is 102 cm³/mol. The molecule has 1 fully saturated rings. The lowest BCUT2D eigenvalue weighted by Crippen LogP contribution is -2.31. The number of rotatable bonds is 4. The minimum Gasteiger partial charge on any atom is -0.340 e. The van der Waals surface area contributed by atoms with Crippen LogP contribution in [0.5, 0.6) is 0 Å². The van der Waals surface area contributed by atoms with E-state index in [2.05, 4.69) is 44.5 Å². The largest absolute Gasteiger partial charge is 0.340 e. The molecule has 1 aromatic heterocycles. The molecule has 0 atom stereocenters. The van der Waals surface area contributed by atoms with Crippen molar-refractivity contribution in [3.63, 3.8) is 0 Å². The lowest BCUT2D eigenvalue weighted by Gasteiger charge is -2.26. The number of hydrogen-bond donors (Lipinski definition) is 1. The van der Waals surface area contributed by atoms with Gasteiger partial charge in [0.15, 0.2) is 0 Å². The zero-order valence-electron chi connectivity index (χ0n) is 13.5. The highest BCUT2D eigenvalue weighted by Crippen LogP contribution is 2.23. The third-order valence-electron chi connectivity index (χ3n) is 4.24. The molecule has 3 aromatic rings. The highest BCUT2D eigenvalue weighted by Gasteiger charge is 2.11. The molecule has 4 nitrogen and oxygen atoms in total. The lowest BCUT2D eigenvalue weighted by molar-refractivity contribution is 0.294. The average molecular weight is 336 g/mol. The molecule has 0 saturated carbocycles. The van der Waals surface area contributed by atoms with Gasteiger partial charge in [-0.3, -0.25) is 4.90 Å². The van der Waals surface area contributed by atoms with E-state index >= 15 is 0 Å². The van der Waals surface area contributed by atoms with Crippen LogP contribution >= 0.6 is 11.8 Å². The molecule has 0 spiro atoms. The molecule has 1 aliphatic rings. The van der Waals surface area contributed by atoms with Crippen LogP contribution in [0.1, 0.15) is 5.56 Å². The minimum absolute atomic E-state index is 0.854. The fraction of sp³-hybridized carbons (Fsp3) is 0.263. The van der Waals surface area contributed by atoms with Gasteiger partial charge in [-0.1, -0.05) is 24.3 Å². The monoisotopic (exact) mass is 336 g/mol. The van der Waals surface area contributed by atoms with E-state index < -0.39 is 0 Å². The fourth-order valence-electron chi connectivity index (χ4n) is 3.01. The van der Waals surface area contributed by atoms with Crippen LogP contribution in [0.2, 0.25) is 0 Å². The Balaban J connectivity index is 1.55. The van der Waals surface area contributed by atoms with Gasteiger partial charge in [0.2, 0.25) is 0 Å². The summed E-state index contributed by atoms with van der Waals surface area (Å²) in [6.45, 7) is 3.37. The molecule has 0 unspecified atom stereocenters. The zero-order chi connectivity index (χ0) is 16.2. The summed E-state index contributed by atoms with van der Waals surface area (Å²) >= 11 is 2.05. The van der Waals surface area contributed by atoms with Crippen LogP contribution in [0, 0.1) is 0 Å². The van der Waals surface area contributed by atoms with Crippen LogP contribution in [0.3, 0.4) is 0 Å². The van der Waals surface area contributed by atoms with Crippen molar-refractivity contribution in [1.29, 1.82) is 0 Å². The highest BCUT2D eigenvalue weighted by molar-refractivity contribution is 7.99. The summed E-state index contributed by atoms with van der Waals surface area (Å²) in [4.78, 5) is 11.3. The molecule has 4 rings (SSSR count). The van der Waals surface area contributed by atoms with E-state index in [4.69, 9.17) is 0 Å². The summed E-state index contributed by atoms with van der Waals surface area (Å²) in [5.74, 6) is 3.34. The molecule has 0 bridgehead atoms. The van der Waals surface area contributed by atoms with E-state index in [0.717, 1.165) is 29.0 Å². The molecule has 0 amide bonds. The second-order valence-corrected chi connectivity index (χ2v) is 7.18. The second-order valence-electron chi connectivity index (χ2n) is 5.95. The molecule has 1 N–H and O–H groups in total. The number of thioether (sulfide) groups is 1. The molecule has 1 saturated heterocycles. The van der Waals surface area contributed by atoms with Crippen LogP contribution in [0.25, 0.3) is 10.9 Å². The van der Waals surface area contributed by atoms with E-state index in [-0.39, 0.29) is 0 Å². The predicted octanol–water partition coefficient (Wildman–Crippen LogP) is 3.92. The van der Waals surface area contributed by atoms with Gasteiger partial charge in [-0.2, -0.15) is 11.8 Å². The topological polar surface area (TPSA) is 41.0 Å². The molecule has 24 heavy (non-hydrogen) atoms. The Morgan fingerprint density at radius 1 is 1.00 bits per heavy atom. The molecule has 122 valence electrons. The normalized spacial score (nSPS) is 15.5. The number of benzene rings is 2. The Kier molecular flexibility index (Phi) is 4.62. The molecule has 1 aliphatic heterocycles. The van der Waals surface area contributed by atoms with Gasteiger partial charge in [0, 0.05) is 42.2 Å². The zero-order valence-corrected chi connectivity index (χ0v) is 14.3. The van der Waals surface area contributed by atoms with Gasteiger partial charge in [0.05, 0.1) is 5.52 Å². The molecule has 0 aliphatic carbocycles. The SMILES string of the molecule is c1cc(CN2CCSCC2)cc(Nc2ncnc3ccccc23)c1. The van der Waals surface area contributed by atoms with Crippen LogP contribution in [0.15, 0.2) is 54.9 Å². The van der Waals surface area contributed by atoms with Gasteiger partial charge in [-0.15, -0.1) is 0 Å². The van der Waals surface area contributed by atoms with Gasteiger partial charge in [0.25, 0.3) is 0 Å². The average Bonchev–Trinajstić information content (AvgIpc) is 2.63. The smallest absolute Gasteiger partial charge is 0.141 e. The lowest BCUT2D eigenvalue weighted by atomic mass is 10.1. The second kappa shape index (κ2) is 7.20. The van der Waals surface area contributed by atoms with Gasteiger partial charge < -0.3 is 5.32 Å². The van der Waals surface area contributed by atoms with Crippen LogP contribution in [-0.2, 0) is 6.54 Å². The molecule has 2 heterocycles. The van der Waals surface area contributed by atoms with Gasteiger partial charge in [-0.05, 0) is 29.8 Å². The number of para-hydroxylation sites is 1. The van der Waals surface area contributed by atoms with Crippen molar-refractivity contribution >= 4 is 34.2 Å². The van der Waals surface area contributed by atoms with Crippen molar-refractivity contribution in [2.24, 2.45) is 0 Å². The molecular weight excluding hydrogens is 316 g/mol. The molecule has 5 heteroatoms. The van der Waals surface area contributed by atoms with Crippen molar-refractivity contribution in [3.8, 4) is 0 Å². The van der Waals surface area contributed by atoms with Crippen molar-refractivity contribution < 1.29 is 0 Å². The summed E-state index contributed by atoms with van der Waals surface area (Å²) in [5.41, 5.74) is 3.37. The van der Waals surface area contributed by atoms with E-state index in [0.29, 0.717) is 0 Å². The van der Waals surface area contributed by atoms with Crippen molar-refractivity contribution in [1.82, 2.24) is 14.9 Å². The summed E-state index contributed by atoms with van der Waals surface area (Å²) in [6, 6.07) is 16.7. The van der Waals surface area contributed by atoms with Crippen LogP contribution in [0.4, 0.5) is 11.5 Å². The molecule has 0 radical (unpaired) electrons. The quantitative estimate of drug-likeness (QED) is 0.782. The third kappa shape index (κ3) is 3.52. The third-order valence-corrected chi connectivity index (χ3v) is 5.18. The van der Waals surface area contributed by atoms with Gasteiger partial charge in [-0.25, -0.2) is 9.97 Å². The number of nitrogens with one attached hydrogen (secondary N) is 1. The van der Waals surface area contributed by atoms with Gasteiger partial charge >= 0.3 is 0 Å². The Bertz CT molecular complexity index is 825. The summed E-state index contributed by atoms with van der Waals surface area (Å²) in [6.07, 6.45) is 1.61. The first kappa shape index (κ1) is 15.4. The van der Waals surface area contributed by atoms with E-state index in [1.165, 1.54) is 30.2 Å². The first-order valence-corrected chi connectivity index (χ1v) is 9.40. The maximum Gasteiger partial charge on any atom is 0.141 e. The van der Waals surface area contributed by atoms with Crippen molar-refractivity contribution in [2.45, 2.75) is 6.54 Å². The Hall–Kier alpha value is -2.11. The summed E-state index contributed by atoms with van der Waals surface area (Å²) < 4.78 is 0. The number of nitrogens with zero attached hydrogens (tertiary/aromatic N) is 3. The summed E-state index contributed by atoms with van der Waals surface area (Å²) in [7, 11) is 0. The fourth-order valence-corrected chi connectivity index (χ4v) is 3.98. The molecular formula is C19H20N4S. The maximum absolute atomic E-state index is 4.41. The van der Waals surface area contributed by atoms with Gasteiger partial charge in [0.1, 0.15) is 12.1 Å². The first-order valence-electron chi connectivity index (χ1n) is 8.24.